The third-order valence-electron chi connectivity index (χ3n) is 1.97. The summed E-state index contributed by atoms with van der Waals surface area (Å²) in [5.41, 5.74) is 0.904. The first kappa shape index (κ1) is 9.96. The van der Waals surface area contributed by atoms with Crippen LogP contribution >= 0.6 is 15.9 Å². The summed E-state index contributed by atoms with van der Waals surface area (Å²) in [4.78, 5) is 5.02. The number of halogens is 1. The number of nitrogens with zero attached hydrogens (tertiary/aromatic N) is 1. The summed E-state index contributed by atoms with van der Waals surface area (Å²) in [5.74, 6) is 0. The standard InChI is InChI=1S/C10H8BrNOS/c1-14(13)8-5-7-3-2-4-9(11)10(7)12-6-8/h2-6H,1H3. The van der Waals surface area contributed by atoms with E-state index in [2.05, 4.69) is 20.9 Å². The molecule has 1 aromatic carbocycles. The van der Waals surface area contributed by atoms with Gasteiger partial charge in [-0.2, -0.15) is 0 Å². The predicted molar refractivity (Wildman–Crippen MR) is 61.8 cm³/mol. The molecule has 1 aromatic heterocycles. The van der Waals surface area contributed by atoms with Gasteiger partial charge in [0, 0.05) is 15.9 Å². The summed E-state index contributed by atoms with van der Waals surface area (Å²) in [6.45, 7) is 0. The van der Waals surface area contributed by atoms with E-state index < -0.39 is 11.2 Å². The molecule has 72 valence electrons. The second-order valence-corrected chi connectivity index (χ2v) is 5.17. The van der Waals surface area contributed by atoms with E-state index in [9.17, 15) is 4.55 Å². The Labute approximate surface area is 93.7 Å². The summed E-state index contributed by atoms with van der Waals surface area (Å²) < 4.78 is 12.2. The molecule has 0 aliphatic rings. The lowest BCUT2D eigenvalue weighted by Crippen LogP contribution is -1.97. The van der Waals surface area contributed by atoms with Gasteiger partial charge in [0.15, 0.2) is 4.90 Å². The minimum Gasteiger partial charge on any atom is -0.612 e. The van der Waals surface area contributed by atoms with E-state index in [1.165, 1.54) is 0 Å². The van der Waals surface area contributed by atoms with E-state index in [-0.39, 0.29) is 0 Å². The fourth-order valence-corrected chi connectivity index (χ4v) is 2.24. The zero-order valence-electron chi connectivity index (χ0n) is 7.53. The Balaban J connectivity index is 2.67. The molecule has 2 rings (SSSR count). The number of fused-ring (bicyclic) bond motifs is 1. The Bertz CT molecular complexity index is 473. The van der Waals surface area contributed by atoms with Gasteiger partial charge in [-0.15, -0.1) is 0 Å². The summed E-state index contributed by atoms with van der Waals surface area (Å²) in [6.07, 6.45) is 3.31. The second kappa shape index (κ2) is 3.88. The summed E-state index contributed by atoms with van der Waals surface area (Å²) in [6, 6.07) is 7.75. The number of hydrogen-bond donors (Lipinski definition) is 0. The average Bonchev–Trinajstić information content (AvgIpc) is 2.17. The maximum atomic E-state index is 11.2. The largest absolute Gasteiger partial charge is 0.612 e. The Kier molecular flexibility index (Phi) is 2.76. The highest BCUT2D eigenvalue weighted by Crippen LogP contribution is 2.23. The first-order chi connectivity index (χ1) is 6.68. The molecule has 2 aromatic rings. The molecule has 1 heterocycles. The van der Waals surface area contributed by atoms with Gasteiger partial charge in [0.25, 0.3) is 0 Å². The quantitative estimate of drug-likeness (QED) is 0.747. The Morgan fingerprint density at radius 3 is 2.93 bits per heavy atom. The van der Waals surface area contributed by atoms with Crippen molar-refractivity contribution in [2.24, 2.45) is 0 Å². The minimum atomic E-state index is -0.969. The highest BCUT2D eigenvalue weighted by Gasteiger charge is 2.07. The molecule has 0 bridgehead atoms. The van der Waals surface area contributed by atoms with Gasteiger partial charge >= 0.3 is 0 Å². The van der Waals surface area contributed by atoms with Crippen LogP contribution in [0.4, 0.5) is 0 Å². The molecule has 1 atom stereocenters. The van der Waals surface area contributed by atoms with Crippen LogP contribution in [-0.4, -0.2) is 15.8 Å². The number of hydrogen-bond acceptors (Lipinski definition) is 2. The van der Waals surface area contributed by atoms with E-state index in [4.69, 9.17) is 0 Å². The predicted octanol–water partition coefficient (Wildman–Crippen LogP) is 2.73. The smallest absolute Gasteiger partial charge is 0.171 e. The fourth-order valence-electron chi connectivity index (χ4n) is 1.26. The molecule has 0 saturated heterocycles. The second-order valence-electron chi connectivity index (χ2n) is 2.94. The highest BCUT2D eigenvalue weighted by molar-refractivity contribution is 9.10. The molecule has 0 aliphatic heterocycles. The Morgan fingerprint density at radius 2 is 2.21 bits per heavy atom. The van der Waals surface area contributed by atoms with Crippen molar-refractivity contribution >= 4 is 38.0 Å². The molecule has 14 heavy (non-hydrogen) atoms. The van der Waals surface area contributed by atoms with Gasteiger partial charge in [-0.3, -0.25) is 0 Å². The Hall–Kier alpha value is -0.580. The molecule has 0 N–H and O–H groups in total. The molecule has 0 spiro atoms. The lowest BCUT2D eigenvalue weighted by molar-refractivity contribution is 0.600. The minimum absolute atomic E-state index is 0.760. The van der Waals surface area contributed by atoms with Gasteiger partial charge in [-0.25, -0.2) is 4.98 Å². The van der Waals surface area contributed by atoms with Crippen molar-refractivity contribution in [3.63, 3.8) is 0 Å². The normalized spacial score (nSPS) is 13.1. The Morgan fingerprint density at radius 1 is 1.43 bits per heavy atom. The van der Waals surface area contributed by atoms with Crippen LogP contribution in [0, 0.1) is 0 Å². The maximum absolute atomic E-state index is 11.2. The van der Waals surface area contributed by atoms with Gasteiger partial charge in [-0.1, -0.05) is 12.1 Å². The molecule has 0 amide bonds. The molecular weight excluding hydrogens is 262 g/mol. The van der Waals surface area contributed by atoms with Gasteiger partial charge in [-0.05, 0) is 33.2 Å². The number of pyridine rings is 1. The van der Waals surface area contributed by atoms with Gasteiger partial charge in [0.05, 0.1) is 11.7 Å². The molecule has 0 saturated carbocycles. The molecule has 0 radical (unpaired) electrons. The van der Waals surface area contributed by atoms with Crippen LogP contribution in [0.1, 0.15) is 0 Å². The van der Waals surface area contributed by atoms with E-state index in [0.717, 1.165) is 20.3 Å². The van der Waals surface area contributed by atoms with Crippen LogP contribution in [-0.2, 0) is 11.2 Å². The summed E-state index contributed by atoms with van der Waals surface area (Å²) >= 11 is 2.45. The van der Waals surface area contributed by atoms with Crippen molar-refractivity contribution < 1.29 is 4.55 Å². The molecule has 4 heteroatoms. The van der Waals surface area contributed by atoms with Crippen LogP contribution < -0.4 is 0 Å². The number of aromatic nitrogens is 1. The zero-order valence-corrected chi connectivity index (χ0v) is 9.93. The third-order valence-corrected chi connectivity index (χ3v) is 3.50. The van der Waals surface area contributed by atoms with E-state index >= 15 is 0 Å². The molecular formula is C10H8BrNOS. The summed E-state index contributed by atoms with van der Waals surface area (Å²) in [7, 11) is 0. The topological polar surface area (TPSA) is 36.0 Å². The fraction of sp³-hybridized carbons (Fsp3) is 0.100. The lowest BCUT2D eigenvalue weighted by Gasteiger charge is -2.05. The first-order valence-corrected chi connectivity index (χ1v) is 6.41. The lowest BCUT2D eigenvalue weighted by atomic mass is 10.2. The first-order valence-electron chi connectivity index (χ1n) is 4.06. The maximum Gasteiger partial charge on any atom is 0.171 e. The van der Waals surface area contributed by atoms with Crippen LogP contribution in [0.15, 0.2) is 39.8 Å². The zero-order chi connectivity index (χ0) is 10.1. The number of rotatable bonds is 1. The van der Waals surface area contributed by atoms with Crippen molar-refractivity contribution in [3.8, 4) is 0 Å². The van der Waals surface area contributed by atoms with Gasteiger partial charge < -0.3 is 4.55 Å². The average molecular weight is 270 g/mol. The third kappa shape index (κ3) is 1.78. The monoisotopic (exact) mass is 269 g/mol. The molecule has 2 nitrogen and oxygen atoms in total. The van der Waals surface area contributed by atoms with Crippen LogP contribution in [0.5, 0.6) is 0 Å². The van der Waals surface area contributed by atoms with Crippen LogP contribution in [0.2, 0.25) is 0 Å². The highest BCUT2D eigenvalue weighted by atomic mass is 79.9. The van der Waals surface area contributed by atoms with Crippen molar-refractivity contribution in [1.29, 1.82) is 0 Å². The van der Waals surface area contributed by atoms with E-state index in [1.54, 1.807) is 12.5 Å². The molecule has 0 aliphatic carbocycles. The van der Waals surface area contributed by atoms with Crippen molar-refractivity contribution in [2.75, 3.05) is 6.26 Å². The molecule has 0 fully saturated rings. The van der Waals surface area contributed by atoms with Gasteiger partial charge in [0.2, 0.25) is 0 Å². The van der Waals surface area contributed by atoms with Crippen LogP contribution in [0.3, 0.4) is 0 Å². The number of para-hydroxylation sites is 1. The summed E-state index contributed by atoms with van der Waals surface area (Å²) in [5, 5.41) is 1.01. The molecule has 1 unspecified atom stereocenters. The SMILES string of the molecule is C[S+]([O-])c1cnc2c(Br)cccc2c1. The van der Waals surface area contributed by atoms with E-state index in [0.29, 0.717) is 0 Å². The van der Waals surface area contributed by atoms with Crippen molar-refractivity contribution in [1.82, 2.24) is 4.98 Å². The van der Waals surface area contributed by atoms with Gasteiger partial charge in [0.1, 0.15) is 6.26 Å². The van der Waals surface area contributed by atoms with Crippen LogP contribution in [0.25, 0.3) is 10.9 Å². The van der Waals surface area contributed by atoms with Crippen molar-refractivity contribution in [3.05, 3.63) is 34.9 Å². The van der Waals surface area contributed by atoms with Crippen molar-refractivity contribution in [2.45, 2.75) is 4.90 Å². The van der Waals surface area contributed by atoms with E-state index in [1.807, 2.05) is 24.3 Å². The number of benzene rings is 1.